The molecule has 0 aliphatic rings. The standard InChI is InChI=1S/C20H24ClNO3/c1-13(25-16-9-6-14(7-10-16)20(2,3)4)19(23)22-17-12-15(21)8-11-18(17)24-5/h6-13H,1-5H3,(H,22,23)/t13-/m0/s1. The molecule has 2 rings (SSSR count). The van der Waals surface area contributed by atoms with Gasteiger partial charge in [-0.3, -0.25) is 4.79 Å². The molecule has 0 aliphatic carbocycles. The van der Waals surface area contributed by atoms with Gasteiger partial charge >= 0.3 is 0 Å². The van der Waals surface area contributed by atoms with Crippen LogP contribution in [0.25, 0.3) is 0 Å². The number of amides is 1. The molecule has 134 valence electrons. The number of hydrogen-bond donors (Lipinski definition) is 1. The highest BCUT2D eigenvalue weighted by atomic mass is 35.5. The maximum Gasteiger partial charge on any atom is 0.265 e. The van der Waals surface area contributed by atoms with Crippen LogP contribution < -0.4 is 14.8 Å². The molecular formula is C20H24ClNO3. The van der Waals surface area contributed by atoms with Crippen molar-refractivity contribution in [3.8, 4) is 11.5 Å². The zero-order chi connectivity index (χ0) is 18.6. The quantitative estimate of drug-likeness (QED) is 0.810. The van der Waals surface area contributed by atoms with Crippen LogP contribution in [0.3, 0.4) is 0 Å². The van der Waals surface area contributed by atoms with E-state index in [0.717, 1.165) is 0 Å². The highest BCUT2D eigenvalue weighted by molar-refractivity contribution is 6.31. The molecule has 0 bridgehead atoms. The lowest BCUT2D eigenvalue weighted by molar-refractivity contribution is -0.122. The molecule has 25 heavy (non-hydrogen) atoms. The zero-order valence-corrected chi connectivity index (χ0v) is 16.0. The van der Waals surface area contributed by atoms with Gasteiger partial charge in [-0.2, -0.15) is 0 Å². The fourth-order valence-corrected chi connectivity index (χ4v) is 2.48. The first-order chi connectivity index (χ1) is 11.7. The monoisotopic (exact) mass is 361 g/mol. The number of nitrogens with one attached hydrogen (secondary N) is 1. The van der Waals surface area contributed by atoms with Crippen molar-refractivity contribution in [2.45, 2.75) is 39.2 Å². The molecule has 0 aromatic heterocycles. The number of ether oxygens (including phenoxy) is 2. The second-order valence-corrected chi connectivity index (χ2v) is 7.30. The van der Waals surface area contributed by atoms with Gasteiger partial charge in [0, 0.05) is 5.02 Å². The first-order valence-electron chi connectivity index (χ1n) is 8.12. The summed E-state index contributed by atoms with van der Waals surface area (Å²) >= 11 is 5.98. The van der Waals surface area contributed by atoms with Gasteiger partial charge in [-0.15, -0.1) is 0 Å². The Bertz CT molecular complexity index is 736. The van der Waals surface area contributed by atoms with Crippen LogP contribution in [-0.2, 0) is 10.2 Å². The molecule has 1 N–H and O–H groups in total. The number of anilines is 1. The Morgan fingerprint density at radius 2 is 1.76 bits per heavy atom. The summed E-state index contributed by atoms with van der Waals surface area (Å²) in [5.74, 6) is 0.911. The number of methoxy groups -OCH3 is 1. The Labute approximate surface area is 154 Å². The third-order valence-corrected chi connectivity index (χ3v) is 4.06. The summed E-state index contributed by atoms with van der Waals surface area (Å²) < 4.78 is 11.0. The molecule has 1 atom stereocenters. The van der Waals surface area contributed by atoms with Crippen LogP contribution in [0.4, 0.5) is 5.69 Å². The maximum absolute atomic E-state index is 12.4. The van der Waals surface area contributed by atoms with Crippen molar-refractivity contribution in [1.82, 2.24) is 0 Å². The lowest BCUT2D eigenvalue weighted by atomic mass is 9.87. The number of rotatable bonds is 5. The van der Waals surface area contributed by atoms with Gasteiger partial charge < -0.3 is 14.8 Å². The van der Waals surface area contributed by atoms with Crippen LogP contribution in [0.15, 0.2) is 42.5 Å². The first-order valence-corrected chi connectivity index (χ1v) is 8.50. The summed E-state index contributed by atoms with van der Waals surface area (Å²) in [6.45, 7) is 8.15. The Balaban J connectivity index is 2.04. The Morgan fingerprint density at radius 3 is 2.32 bits per heavy atom. The van der Waals surface area contributed by atoms with Crippen molar-refractivity contribution in [3.05, 3.63) is 53.1 Å². The first kappa shape index (κ1) is 19.1. The predicted molar refractivity (Wildman–Crippen MR) is 102 cm³/mol. The van der Waals surface area contributed by atoms with Crippen LogP contribution in [0.1, 0.15) is 33.3 Å². The van der Waals surface area contributed by atoms with Gasteiger partial charge in [-0.25, -0.2) is 0 Å². The lowest BCUT2D eigenvalue weighted by Gasteiger charge is -2.20. The number of halogens is 1. The van der Waals surface area contributed by atoms with E-state index in [1.165, 1.54) is 12.7 Å². The largest absolute Gasteiger partial charge is 0.495 e. The predicted octanol–water partition coefficient (Wildman–Crippen LogP) is 5.05. The number of carbonyl (C=O) groups excluding carboxylic acids is 1. The summed E-state index contributed by atoms with van der Waals surface area (Å²) in [4.78, 5) is 12.4. The van der Waals surface area contributed by atoms with E-state index in [4.69, 9.17) is 21.1 Å². The second kappa shape index (κ2) is 7.79. The minimum Gasteiger partial charge on any atom is -0.495 e. The van der Waals surface area contributed by atoms with Crippen molar-refractivity contribution < 1.29 is 14.3 Å². The van der Waals surface area contributed by atoms with Gasteiger partial charge in [-0.05, 0) is 48.2 Å². The molecule has 0 fully saturated rings. The molecular weight excluding hydrogens is 338 g/mol. The summed E-state index contributed by atoms with van der Waals surface area (Å²) in [6, 6.07) is 12.8. The molecule has 1 amide bonds. The minimum atomic E-state index is -0.663. The average Bonchev–Trinajstić information content (AvgIpc) is 2.54. The normalized spacial score (nSPS) is 12.4. The molecule has 0 heterocycles. The lowest BCUT2D eigenvalue weighted by Crippen LogP contribution is -2.30. The average molecular weight is 362 g/mol. The van der Waals surface area contributed by atoms with E-state index in [1.807, 2.05) is 24.3 Å². The van der Waals surface area contributed by atoms with Gasteiger partial charge in [0.2, 0.25) is 0 Å². The van der Waals surface area contributed by atoms with Crippen LogP contribution in [-0.4, -0.2) is 19.1 Å². The molecule has 0 aliphatic heterocycles. The number of benzene rings is 2. The Kier molecular flexibility index (Phi) is 5.96. The minimum absolute atomic E-state index is 0.0741. The Hall–Kier alpha value is -2.20. The van der Waals surface area contributed by atoms with Crippen LogP contribution in [0, 0.1) is 0 Å². The second-order valence-electron chi connectivity index (χ2n) is 6.87. The highest BCUT2D eigenvalue weighted by Crippen LogP contribution is 2.28. The molecule has 4 nitrogen and oxygen atoms in total. The van der Waals surface area contributed by atoms with E-state index in [9.17, 15) is 4.79 Å². The highest BCUT2D eigenvalue weighted by Gasteiger charge is 2.18. The molecule has 0 spiro atoms. The van der Waals surface area contributed by atoms with Crippen molar-refractivity contribution in [2.75, 3.05) is 12.4 Å². The third-order valence-electron chi connectivity index (χ3n) is 3.82. The molecule has 5 heteroatoms. The maximum atomic E-state index is 12.4. The van der Waals surface area contributed by atoms with Gasteiger partial charge in [0.05, 0.1) is 12.8 Å². The smallest absolute Gasteiger partial charge is 0.265 e. The molecule has 0 unspecified atom stereocenters. The SMILES string of the molecule is COc1ccc(Cl)cc1NC(=O)[C@H](C)Oc1ccc(C(C)(C)C)cc1. The van der Waals surface area contributed by atoms with E-state index >= 15 is 0 Å². The van der Waals surface area contributed by atoms with Crippen molar-refractivity contribution in [3.63, 3.8) is 0 Å². The van der Waals surface area contributed by atoms with E-state index in [-0.39, 0.29) is 11.3 Å². The van der Waals surface area contributed by atoms with Gasteiger partial charge in [0.1, 0.15) is 11.5 Å². The Morgan fingerprint density at radius 1 is 1.12 bits per heavy atom. The van der Waals surface area contributed by atoms with E-state index in [1.54, 1.807) is 25.1 Å². The number of carbonyl (C=O) groups is 1. The van der Waals surface area contributed by atoms with Gasteiger partial charge in [0.25, 0.3) is 5.91 Å². The molecule has 2 aromatic rings. The van der Waals surface area contributed by atoms with Crippen LogP contribution in [0.2, 0.25) is 5.02 Å². The van der Waals surface area contributed by atoms with E-state index in [0.29, 0.717) is 22.2 Å². The zero-order valence-electron chi connectivity index (χ0n) is 15.2. The molecule has 2 aromatic carbocycles. The number of hydrogen-bond acceptors (Lipinski definition) is 3. The van der Waals surface area contributed by atoms with E-state index in [2.05, 4.69) is 26.1 Å². The van der Waals surface area contributed by atoms with Crippen LogP contribution >= 0.6 is 11.6 Å². The van der Waals surface area contributed by atoms with Crippen molar-refractivity contribution >= 4 is 23.2 Å². The molecule has 0 saturated heterocycles. The van der Waals surface area contributed by atoms with Crippen molar-refractivity contribution in [1.29, 1.82) is 0 Å². The topological polar surface area (TPSA) is 47.6 Å². The molecule has 0 radical (unpaired) electrons. The summed E-state index contributed by atoms with van der Waals surface area (Å²) in [5.41, 5.74) is 1.80. The summed E-state index contributed by atoms with van der Waals surface area (Å²) in [5, 5.41) is 3.30. The fourth-order valence-electron chi connectivity index (χ4n) is 2.30. The summed E-state index contributed by atoms with van der Waals surface area (Å²) in [7, 11) is 1.54. The molecule has 0 saturated carbocycles. The van der Waals surface area contributed by atoms with Gasteiger partial charge in [-0.1, -0.05) is 44.5 Å². The van der Waals surface area contributed by atoms with Crippen LogP contribution in [0.5, 0.6) is 11.5 Å². The van der Waals surface area contributed by atoms with E-state index < -0.39 is 6.10 Å². The van der Waals surface area contributed by atoms with Gasteiger partial charge in [0.15, 0.2) is 6.10 Å². The van der Waals surface area contributed by atoms with Crippen molar-refractivity contribution in [2.24, 2.45) is 0 Å². The fraction of sp³-hybridized carbons (Fsp3) is 0.350. The summed E-state index contributed by atoms with van der Waals surface area (Å²) in [6.07, 6.45) is -0.663. The third kappa shape index (κ3) is 5.13.